The van der Waals surface area contributed by atoms with Gasteiger partial charge in [-0.25, -0.2) is 4.98 Å². The molecule has 0 bridgehead atoms. The smallest absolute Gasteiger partial charge is 0.269 e. The van der Waals surface area contributed by atoms with Gasteiger partial charge < -0.3 is 10.2 Å². The van der Waals surface area contributed by atoms with E-state index in [1.165, 1.54) is 0 Å². The number of hydrogen-bond acceptors (Lipinski definition) is 4. The highest BCUT2D eigenvalue weighted by Gasteiger charge is 2.23. The number of aromatic nitrogens is 3. The number of carbonyl (C=O) groups is 1. The second-order valence-electron chi connectivity index (χ2n) is 5.74. The molecule has 3 heterocycles. The lowest BCUT2D eigenvalue weighted by molar-refractivity contribution is 0.0923. The molecule has 0 aromatic carbocycles. The van der Waals surface area contributed by atoms with E-state index in [0.717, 1.165) is 37.4 Å². The maximum atomic E-state index is 12.3. The molecular weight excluding hydrogens is 278 g/mol. The summed E-state index contributed by atoms with van der Waals surface area (Å²) in [6.07, 6.45) is 3.68. The number of amides is 1. The average molecular weight is 299 g/mol. The van der Waals surface area contributed by atoms with Crippen molar-refractivity contribution in [3.63, 3.8) is 0 Å². The van der Waals surface area contributed by atoms with Gasteiger partial charge in [-0.3, -0.25) is 9.48 Å². The Morgan fingerprint density at radius 3 is 2.95 bits per heavy atom. The molecule has 0 aliphatic carbocycles. The molecular formula is C16H21N5O. The molecule has 1 fully saturated rings. The second-order valence-corrected chi connectivity index (χ2v) is 5.74. The van der Waals surface area contributed by atoms with Crippen LogP contribution in [0.1, 0.15) is 29.0 Å². The van der Waals surface area contributed by atoms with E-state index in [1.807, 2.05) is 25.1 Å². The quantitative estimate of drug-likeness (QED) is 0.933. The van der Waals surface area contributed by atoms with Crippen molar-refractivity contribution in [2.24, 2.45) is 7.05 Å². The summed E-state index contributed by atoms with van der Waals surface area (Å²) < 4.78 is 1.60. The van der Waals surface area contributed by atoms with Gasteiger partial charge in [0.15, 0.2) is 0 Å². The maximum Gasteiger partial charge on any atom is 0.269 e. The monoisotopic (exact) mass is 299 g/mol. The number of aryl methyl sites for hydroxylation is 2. The zero-order chi connectivity index (χ0) is 15.5. The number of carbonyl (C=O) groups excluding carboxylic acids is 1. The van der Waals surface area contributed by atoms with E-state index in [4.69, 9.17) is 0 Å². The molecule has 0 radical (unpaired) electrons. The van der Waals surface area contributed by atoms with Gasteiger partial charge in [-0.2, -0.15) is 5.10 Å². The van der Waals surface area contributed by atoms with E-state index in [2.05, 4.69) is 20.3 Å². The zero-order valence-electron chi connectivity index (χ0n) is 13.0. The van der Waals surface area contributed by atoms with Crippen molar-refractivity contribution in [2.75, 3.05) is 18.0 Å². The van der Waals surface area contributed by atoms with Crippen LogP contribution < -0.4 is 10.2 Å². The molecule has 1 aliphatic heterocycles. The molecule has 0 saturated carbocycles. The summed E-state index contributed by atoms with van der Waals surface area (Å²) in [4.78, 5) is 19.1. The zero-order valence-corrected chi connectivity index (χ0v) is 13.0. The van der Waals surface area contributed by atoms with Gasteiger partial charge in [0.1, 0.15) is 11.5 Å². The number of nitrogens with zero attached hydrogens (tertiary/aromatic N) is 4. The van der Waals surface area contributed by atoms with Gasteiger partial charge in [-0.05, 0) is 38.0 Å². The summed E-state index contributed by atoms with van der Waals surface area (Å²) >= 11 is 0. The molecule has 116 valence electrons. The van der Waals surface area contributed by atoms with Crippen LogP contribution >= 0.6 is 0 Å². The molecule has 1 atom stereocenters. The van der Waals surface area contributed by atoms with Crippen molar-refractivity contribution < 1.29 is 4.79 Å². The lowest BCUT2D eigenvalue weighted by Gasteiger charge is -2.34. The standard InChI is InChI=1S/C16H21N5O/c1-12-5-3-7-15(18-12)21-10-4-6-13(11-21)19-16(22)14-8-9-17-20(14)2/h3,5,7-9,13H,4,6,10-11H2,1-2H3,(H,19,22). The molecule has 1 unspecified atom stereocenters. The third-order valence-corrected chi connectivity index (χ3v) is 4.01. The molecule has 2 aromatic heterocycles. The van der Waals surface area contributed by atoms with Crippen LogP contribution in [0.2, 0.25) is 0 Å². The second kappa shape index (κ2) is 6.17. The van der Waals surface area contributed by atoms with Crippen LogP contribution in [-0.4, -0.2) is 39.8 Å². The maximum absolute atomic E-state index is 12.3. The first kappa shape index (κ1) is 14.6. The SMILES string of the molecule is Cc1cccc(N2CCCC(NC(=O)c3ccnn3C)C2)n1. The Kier molecular flexibility index (Phi) is 4.09. The summed E-state index contributed by atoms with van der Waals surface area (Å²) in [7, 11) is 1.78. The Hall–Kier alpha value is -2.37. The van der Waals surface area contributed by atoms with E-state index < -0.39 is 0 Å². The summed E-state index contributed by atoms with van der Waals surface area (Å²) in [5.41, 5.74) is 1.60. The van der Waals surface area contributed by atoms with Gasteiger partial charge in [-0.15, -0.1) is 0 Å². The van der Waals surface area contributed by atoms with Crippen LogP contribution in [0.5, 0.6) is 0 Å². The fourth-order valence-corrected chi connectivity index (χ4v) is 2.86. The minimum atomic E-state index is -0.0657. The number of piperidine rings is 1. The van der Waals surface area contributed by atoms with E-state index in [0.29, 0.717) is 5.69 Å². The first-order valence-electron chi connectivity index (χ1n) is 7.61. The van der Waals surface area contributed by atoms with Crippen molar-refractivity contribution in [3.8, 4) is 0 Å². The minimum absolute atomic E-state index is 0.0657. The molecule has 1 N–H and O–H groups in total. The van der Waals surface area contributed by atoms with Crippen LogP contribution in [0, 0.1) is 6.92 Å². The number of nitrogens with one attached hydrogen (secondary N) is 1. The lowest BCUT2D eigenvalue weighted by Crippen LogP contribution is -2.48. The predicted octanol–water partition coefficient (Wildman–Crippen LogP) is 1.52. The molecule has 1 aliphatic rings. The van der Waals surface area contributed by atoms with E-state index in [9.17, 15) is 4.79 Å². The van der Waals surface area contributed by atoms with Gasteiger partial charge in [-0.1, -0.05) is 6.07 Å². The van der Waals surface area contributed by atoms with Gasteiger partial charge in [0.25, 0.3) is 5.91 Å². The summed E-state index contributed by atoms with van der Waals surface area (Å²) in [6, 6.07) is 7.92. The highest BCUT2D eigenvalue weighted by Crippen LogP contribution is 2.18. The molecule has 1 amide bonds. The van der Waals surface area contributed by atoms with Gasteiger partial charge >= 0.3 is 0 Å². The Morgan fingerprint density at radius 1 is 1.36 bits per heavy atom. The van der Waals surface area contributed by atoms with Crippen LogP contribution in [0.25, 0.3) is 0 Å². The Morgan fingerprint density at radius 2 is 2.23 bits per heavy atom. The largest absolute Gasteiger partial charge is 0.355 e. The van der Waals surface area contributed by atoms with Crippen LogP contribution in [0.4, 0.5) is 5.82 Å². The Labute approximate surface area is 130 Å². The average Bonchev–Trinajstić information content (AvgIpc) is 2.94. The summed E-state index contributed by atoms with van der Waals surface area (Å²) in [5, 5.41) is 7.15. The van der Waals surface area contributed by atoms with Crippen molar-refractivity contribution in [1.82, 2.24) is 20.1 Å². The van der Waals surface area contributed by atoms with Gasteiger partial charge in [0.05, 0.1) is 0 Å². The Bertz CT molecular complexity index is 666. The number of pyridine rings is 1. The Balaban J connectivity index is 1.66. The van der Waals surface area contributed by atoms with Gasteiger partial charge in [0, 0.05) is 38.1 Å². The molecule has 6 heteroatoms. The molecule has 2 aromatic rings. The minimum Gasteiger partial charge on any atom is -0.355 e. The molecule has 3 rings (SSSR count). The van der Waals surface area contributed by atoms with Crippen LogP contribution in [0.15, 0.2) is 30.5 Å². The number of hydrogen-bond donors (Lipinski definition) is 1. The van der Waals surface area contributed by atoms with Crippen LogP contribution in [-0.2, 0) is 7.05 Å². The fourth-order valence-electron chi connectivity index (χ4n) is 2.86. The molecule has 6 nitrogen and oxygen atoms in total. The molecule has 0 spiro atoms. The van der Waals surface area contributed by atoms with Crippen molar-refractivity contribution in [2.45, 2.75) is 25.8 Å². The van der Waals surface area contributed by atoms with E-state index in [-0.39, 0.29) is 11.9 Å². The van der Waals surface area contributed by atoms with E-state index >= 15 is 0 Å². The first-order valence-corrected chi connectivity index (χ1v) is 7.61. The van der Waals surface area contributed by atoms with Crippen molar-refractivity contribution in [1.29, 1.82) is 0 Å². The third kappa shape index (κ3) is 3.10. The van der Waals surface area contributed by atoms with Crippen molar-refractivity contribution >= 4 is 11.7 Å². The molecule has 22 heavy (non-hydrogen) atoms. The van der Waals surface area contributed by atoms with Gasteiger partial charge in [0.2, 0.25) is 0 Å². The fraction of sp³-hybridized carbons (Fsp3) is 0.438. The predicted molar refractivity (Wildman–Crippen MR) is 84.9 cm³/mol. The topological polar surface area (TPSA) is 63.1 Å². The highest BCUT2D eigenvalue weighted by atomic mass is 16.2. The summed E-state index contributed by atoms with van der Waals surface area (Å²) in [6.45, 7) is 3.77. The summed E-state index contributed by atoms with van der Waals surface area (Å²) in [5.74, 6) is 0.920. The highest BCUT2D eigenvalue weighted by molar-refractivity contribution is 5.92. The van der Waals surface area contributed by atoms with Crippen molar-refractivity contribution in [3.05, 3.63) is 41.9 Å². The number of anilines is 1. The van der Waals surface area contributed by atoms with E-state index in [1.54, 1.807) is 24.0 Å². The molecule has 1 saturated heterocycles. The lowest BCUT2D eigenvalue weighted by atomic mass is 10.1. The van der Waals surface area contributed by atoms with Crippen LogP contribution in [0.3, 0.4) is 0 Å². The normalized spacial score (nSPS) is 18.3. The first-order chi connectivity index (χ1) is 10.6. The number of rotatable bonds is 3. The third-order valence-electron chi connectivity index (χ3n) is 4.01.